The van der Waals surface area contributed by atoms with E-state index in [1.165, 1.54) is 17.8 Å². The lowest BCUT2D eigenvalue weighted by atomic mass is 10.1. The van der Waals surface area contributed by atoms with Crippen molar-refractivity contribution in [3.63, 3.8) is 0 Å². The van der Waals surface area contributed by atoms with Crippen LogP contribution in [0.1, 0.15) is 11.1 Å². The minimum Gasteiger partial charge on any atom is -0.497 e. The Hall–Kier alpha value is -3.35. The predicted octanol–water partition coefficient (Wildman–Crippen LogP) is 4.48. The van der Waals surface area contributed by atoms with Gasteiger partial charge in [-0.1, -0.05) is 27.7 Å². The lowest BCUT2D eigenvalue weighted by Gasteiger charge is -2.08. The number of fused-ring (bicyclic) bond motifs is 1. The number of ether oxygens (including phenoxy) is 1. The van der Waals surface area contributed by atoms with Gasteiger partial charge >= 0.3 is 5.63 Å². The fourth-order valence-electron chi connectivity index (χ4n) is 3.05. The van der Waals surface area contributed by atoms with Crippen molar-refractivity contribution in [1.29, 1.82) is 5.26 Å². The molecule has 0 aliphatic rings. The van der Waals surface area contributed by atoms with Gasteiger partial charge in [-0.2, -0.15) is 5.26 Å². The van der Waals surface area contributed by atoms with Gasteiger partial charge in [-0.25, -0.2) is 9.78 Å². The summed E-state index contributed by atoms with van der Waals surface area (Å²) < 4.78 is 11.2. The van der Waals surface area contributed by atoms with Crippen LogP contribution < -0.4 is 15.9 Å². The summed E-state index contributed by atoms with van der Waals surface area (Å²) in [6.45, 7) is 0. The quantitative estimate of drug-likeness (QED) is 0.247. The number of rotatable bonds is 5. The van der Waals surface area contributed by atoms with Crippen LogP contribution in [0.3, 0.4) is 0 Å². The second-order valence-electron chi connectivity index (χ2n) is 6.45. The molecule has 154 valence electrons. The second kappa shape index (κ2) is 8.79. The van der Waals surface area contributed by atoms with Crippen molar-refractivity contribution < 1.29 is 9.15 Å². The third-order valence-electron chi connectivity index (χ3n) is 4.53. The number of aromatic nitrogens is 2. The minimum absolute atomic E-state index is 0.0647. The molecule has 0 bridgehead atoms. The maximum Gasteiger partial charge on any atom is 0.336 e. The van der Waals surface area contributed by atoms with Gasteiger partial charge in [0.2, 0.25) is 0 Å². The van der Waals surface area contributed by atoms with E-state index in [2.05, 4.69) is 25.9 Å². The molecule has 4 rings (SSSR count). The fourth-order valence-corrected chi connectivity index (χ4v) is 4.24. The zero-order valence-electron chi connectivity index (χ0n) is 16.1. The first-order valence-electron chi connectivity index (χ1n) is 9.02. The van der Waals surface area contributed by atoms with E-state index in [1.807, 2.05) is 18.2 Å². The summed E-state index contributed by atoms with van der Waals surface area (Å²) in [6.07, 6.45) is 0. The molecule has 0 radical (unpaired) electrons. The summed E-state index contributed by atoms with van der Waals surface area (Å²) in [7, 11) is 1.56. The van der Waals surface area contributed by atoms with Crippen molar-refractivity contribution in [3.8, 4) is 23.1 Å². The van der Waals surface area contributed by atoms with Crippen molar-refractivity contribution in [2.75, 3.05) is 7.11 Å². The zero-order valence-corrected chi connectivity index (χ0v) is 18.5. The number of benzene rings is 2. The Morgan fingerprint density at radius 3 is 2.68 bits per heavy atom. The third kappa shape index (κ3) is 4.40. The molecule has 9 heteroatoms. The van der Waals surface area contributed by atoms with Crippen LogP contribution in [0.15, 0.2) is 72.2 Å². The average molecular weight is 496 g/mol. The average Bonchev–Trinajstić information content (AvgIpc) is 2.76. The van der Waals surface area contributed by atoms with Crippen molar-refractivity contribution in [1.82, 2.24) is 9.97 Å². The number of hydrogen-bond donors (Lipinski definition) is 1. The molecular formula is C22H14BrN3O4S. The normalized spacial score (nSPS) is 10.7. The van der Waals surface area contributed by atoms with Gasteiger partial charge in [0, 0.05) is 27.2 Å². The zero-order chi connectivity index (χ0) is 22.0. The number of aromatic amines is 1. The van der Waals surface area contributed by atoms with Crippen LogP contribution in [0.25, 0.3) is 22.2 Å². The number of nitriles is 1. The summed E-state index contributed by atoms with van der Waals surface area (Å²) in [5.74, 6) is 1.03. The lowest BCUT2D eigenvalue weighted by molar-refractivity contribution is 0.415. The van der Waals surface area contributed by atoms with Gasteiger partial charge in [0.15, 0.2) is 5.16 Å². The molecule has 0 fully saturated rings. The maximum atomic E-state index is 12.5. The number of H-pyrrole nitrogens is 1. The first-order valence-corrected chi connectivity index (χ1v) is 10.8. The van der Waals surface area contributed by atoms with E-state index in [9.17, 15) is 14.9 Å². The smallest absolute Gasteiger partial charge is 0.336 e. The molecule has 0 aliphatic heterocycles. The molecule has 0 spiro atoms. The molecule has 2 heterocycles. The van der Waals surface area contributed by atoms with Crippen molar-refractivity contribution >= 4 is 38.7 Å². The molecule has 0 aliphatic carbocycles. The SMILES string of the molecule is COc1ccc(-c2nc(SCc3cc(=O)oc4cc(Br)ccc34)[nH]c(=O)c2C#N)cc1. The van der Waals surface area contributed by atoms with Crippen LogP contribution in [0.4, 0.5) is 0 Å². The molecule has 0 atom stereocenters. The van der Waals surface area contributed by atoms with E-state index in [1.54, 1.807) is 37.4 Å². The summed E-state index contributed by atoms with van der Waals surface area (Å²) in [5.41, 5.74) is 1.09. The topological polar surface area (TPSA) is 109 Å². The Bertz CT molecular complexity index is 1440. The van der Waals surface area contributed by atoms with E-state index in [4.69, 9.17) is 9.15 Å². The Labute approximate surface area is 188 Å². The lowest BCUT2D eigenvalue weighted by Crippen LogP contribution is -2.14. The summed E-state index contributed by atoms with van der Waals surface area (Å²) in [6, 6.07) is 15.8. The highest BCUT2D eigenvalue weighted by Crippen LogP contribution is 2.28. The Kier molecular flexibility index (Phi) is 5.93. The number of thioether (sulfide) groups is 1. The molecule has 0 saturated carbocycles. The molecule has 0 saturated heterocycles. The minimum atomic E-state index is -0.521. The molecule has 0 unspecified atom stereocenters. The van der Waals surface area contributed by atoms with Crippen LogP contribution in [0.2, 0.25) is 0 Å². The predicted molar refractivity (Wildman–Crippen MR) is 121 cm³/mol. The highest BCUT2D eigenvalue weighted by Gasteiger charge is 2.15. The fraction of sp³-hybridized carbons (Fsp3) is 0.0909. The van der Waals surface area contributed by atoms with Gasteiger partial charge in [-0.15, -0.1) is 0 Å². The molecule has 31 heavy (non-hydrogen) atoms. The molecule has 7 nitrogen and oxygen atoms in total. The van der Waals surface area contributed by atoms with Crippen LogP contribution >= 0.6 is 27.7 Å². The third-order valence-corrected chi connectivity index (χ3v) is 5.94. The number of hydrogen-bond acceptors (Lipinski definition) is 7. The van der Waals surface area contributed by atoms with Gasteiger partial charge in [0.05, 0.1) is 12.8 Å². The van der Waals surface area contributed by atoms with E-state index in [-0.39, 0.29) is 11.3 Å². The Balaban J connectivity index is 1.71. The largest absolute Gasteiger partial charge is 0.497 e. The van der Waals surface area contributed by atoms with Gasteiger partial charge in [0.25, 0.3) is 5.56 Å². The number of nitrogens with zero attached hydrogens (tertiary/aromatic N) is 2. The van der Waals surface area contributed by atoms with Gasteiger partial charge in [0.1, 0.15) is 23.0 Å². The first kappa shape index (κ1) is 20.9. The number of methoxy groups -OCH3 is 1. The highest BCUT2D eigenvalue weighted by molar-refractivity contribution is 9.10. The second-order valence-corrected chi connectivity index (χ2v) is 8.33. The molecule has 2 aromatic heterocycles. The number of halogens is 1. The monoisotopic (exact) mass is 495 g/mol. The van der Waals surface area contributed by atoms with Crippen LogP contribution in [-0.4, -0.2) is 17.1 Å². The van der Waals surface area contributed by atoms with E-state index in [0.29, 0.717) is 27.8 Å². The summed E-state index contributed by atoms with van der Waals surface area (Å²) >= 11 is 4.62. The molecule has 0 amide bonds. The first-order chi connectivity index (χ1) is 15.0. The van der Waals surface area contributed by atoms with Crippen molar-refractivity contribution in [3.05, 3.63) is 84.9 Å². The van der Waals surface area contributed by atoms with Crippen LogP contribution in [-0.2, 0) is 5.75 Å². The van der Waals surface area contributed by atoms with Crippen molar-refractivity contribution in [2.24, 2.45) is 0 Å². The molecule has 1 N–H and O–H groups in total. The summed E-state index contributed by atoms with van der Waals surface area (Å²) in [5, 5.41) is 10.6. The van der Waals surface area contributed by atoms with Crippen LogP contribution in [0.5, 0.6) is 5.75 Å². The van der Waals surface area contributed by atoms with Crippen molar-refractivity contribution in [2.45, 2.75) is 10.9 Å². The van der Waals surface area contributed by atoms with Gasteiger partial charge in [-0.05, 0) is 48.0 Å². The Morgan fingerprint density at radius 1 is 1.19 bits per heavy atom. The highest BCUT2D eigenvalue weighted by atomic mass is 79.9. The summed E-state index contributed by atoms with van der Waals surface area (Å²) in [4.78, 5) is 31.6. The van der Waals surface area contributed by atoms with Crippen LogP contribution in [0, 0.1) is 11.3 Å². The molecular weight excluding hydrogens is 482 g/mol. The van der Waals surface area contributed by atoms with E-state index >= 15 is 0 Å². The maximum absolute atomic E-state index is 12.5. The van der Waals surface area contributed by atoms with Gasteiger partial charge in [-0.3, -0.25) is 4.79 Å². The molecule has 2 aromatic carbocycles. The number of nitrogens with one attached hydrogen (secondary N) is 1. The van der Waals surface area contributed by atoms with Gasteiger partial charge < -0.3 is 14.1 Å². The molecule has 4 aromatic rings. The van der Waals surface area contributed by atoms with E-state index in [0.717, 1.165) is 15.4 Å². The van der Waals surface area contributed by atoms with E-state index < -0.39 is 11.2 Å². The Morgan fingerprint density at radius 2 is 1.97 bits per heavy atom. The standard InChI is InChI=1S/C22H14BrN3O4S/c1-29-15-5-2-12(3-6-15)20-17(10-24)21(28)26-22(25-20)31-11-13-8-19(27)30-18-9-14(23)4-7-16(13)18/h2-9H,11H2,1H3,(H,25,26,28).